The highest BCUT2D eigenvalue weighted by Crippen LogP contribution is 2.22. The number of aliphatic carboxylic acids is 1. The summed E-state index contributed by atoms with van der Waals surface area (Å²) >= 11 is 0. The summed E-state index contributed by atoms with van der Waals surface area (Å²) in [6, 6.07) is 0. The van der Waals surface area contributed by atoms with Crippen molar-refractivity contribution in [2.75, 3.05) is 32.7 Å². The molecule has 0 bridgehead atoms. The van der Waals surface area contributed by atoms with Crippen molar-refractivity contribution in [2.45, 2.75) is 59.0 Å². The summed E-state index contributed by atoms with van der Waals surface area (Å²) in [6.07, 6.45) is 6.16. The Labute approximate surface area is 202 Å². The first-order valence-electron chi connectivity index (χ1n) is 11.4. The molecule has 2 rings (SSSR count). The van der Waals surface area contributed by atoms with Crippen LogP contribution >= 0.6 is 12.4 Å². The zero-order valence-electron chi connectivity index (χ0n) is 20.0. The highest BCUT2D eigenvalue weighted by atomic mass is 35.5. The molecule has 2 saturated heterocycles. The van der Waals surface area contributed by atoms with Crippen LogP contribution in [0.2, 0.25) is 0 Å². The van der Waals surface area contributed by atoms with Gasteiger partial charge < -0.3 is 25.0 Å². The maximum Gasteiger partial charge on any atom is 0.410 e. The topological polar surface area (TPSA) is 116 Å². The number of ether oxygens (including phenoxy) is 1. The van der Waals surface area contributed by atoms with Crippen molar-refractivity contribution in [3.8, 4) is 0 Å². The molecule has 0 saturated carbocycles. The first-order valence-corrected chi connectivity index (χ1v) is 11.4. The number of allylic oxidation sites excluding steroid dienone is 1. The number of carbonyl (C=O) groups is 4. The van der Waals surface area contributed by atoms with Crippen LogP contribution in [0.5, 0.6) is 0 Å². The summed E-state index contributed by atoms with van der Waals surface area (Å²) in [7, 11) is 0. The molecule has 0 aromatic heterocycles. The monoisotopic (exact) mass is 487 g/mol. The number of hydrogen-bond donors (Lipinski definition) is 2. The molecule has 0 aliphatic carbocycles. The minimum Gasteiger partial charge on any atom is -0.481 e. The third kappa shape index (κ3) is 9.61. The Morgan fingerprint density at radius 1 is 1.09 bits per heavy atom. The molecule has 188 valence electrons. The summed E-state index contributed by atoms with van der Waals surface area (Å²) in [5.74, 6) is -2.01. The lowest BCUT2D eigenvalue weighted by atomic mass is 9.95. The van der Waals surface area contributed by atoms with Gasteiger partial charge in [-0.2, -0.15) is 0 Å². The van der Waals surface area contributed by atoms with Crippen LogP contribution in [0.4, 0.5) is 4.79 Å². The highest BCUT2D eigenvalue weighted by molar-refractivity contribution is 5.88. The van der Waals surface area contributed by atoms with E-state index in [1.165, 1.54) is 0 Å². The molecule has 2 N–H and O–H groups in total. The molecule has 3 amide bonds. The SMILES string of the molecule is C[C@H](CNC(=O)[C@@H]1CCCN(C(=O)/C=C/C2CCN(C(=O)OC(C)(C)C)CC2)C1)C(=O)O.Cl. The van der Waals surface area contributed by atoms with Gasteiger partial charge in [0, 0.05) is 32.7 Å². The summed E-state index contributed by atoms with van der Waals surface area (Å²) in [5.41, 5.74) is -0.516. The first-order chi connectivity index (χ1) is 15.0. The van der Waals surface area contributed by atoms with Gasteiger partial charge in [-0.25, -0.2) is 4.79 Å². The molecule has 0 radical (unpaired) electrons. The number of hydrogen-bond acceptors (Lipinski definition) is 5. The third-order valence-corrected chi connectivity index (χ3v) is 5.81. The van der Waals surface area contributed by atoms with Gasteiger partial charge in [0.1, 0.15) is 5.60 Å². The highest BCUT2D eigenvalue weighted by Gasteiger charge is 2.29. The van der Waals surface area contributed by atoms with Crippen molar-refractivity contribution < 1.29 is 29.0 Å². The molecule has 2 aliphatic heterocycles. The number of likely N-dealkylation sites (tertiary alicyclic amines) is 2. The number of amides is 3. The zero-order chi connectivity index (χ0) is 23.9. The molecular weight excluding hydrogens is 450 g/mol. The van der Waals surface area contributed by atoms with Gasteiger partial charge >= 0.3 is 12.1 Å². The number of carbonyl (C=O) groups excluding carboxylic acids is 3. The van der Waals surface area contributed by atoms with E-state index in [0.29, 0.717) is 32.6 Å². The van der Waals surface area contributed by atoms with Crippen LogP contribution in [0.25, 0.3) is 0 Å². The lowest BCUT2D eigenvalue weighted by molar-refractivity contribution is -0.141. The van der Waals surface area contributed by atoms with Crippen LogP contribution in [0.1, 0.15) is 53.4 Å². The van der Waals surface area contributed by atoms with Crippen molar-refractivity contribution in [2.24, 2.45) is 17.8 Å². The van der Waals surface area contributed by atoms with E-state index in [9.17, 15) is 19.2 Å². The summed E-state index contributed by atoms with van der Waals surface area (Å²) in [5, 5.41) is 11.6. The molecule has 2 aliphatic rings. The van der Waals surface area contributed by atoms with Gasteiger partial charge in [0.05, 0.1) is 11.8 Å². The Hall–Kier alpha value is -2.29. The molecule has 0 aromatic carbocycles. The Morgan fingerprint density at radius 2 is 1.73 bits per heavy atom. The van der Waals surface area contributed by atoms with Crippen molar-refractivity contribution >= 4 is 36.3 Å². The van der Waals surface area contributed by atoms with Gasteiger partial charge in [-0.15, -0.1) is 12.4 Å². The van der Waals surface area contributed by atoms with E-state index in [1.54, 1.807) is 22.8 Å². The number of nitrogens with zero attached hydrogens (tertiary/aromatic N) is 2. The molecule has 33 heavy (non-hydrogen) atoms. The molecule has 9 nitrogen and oxygen atoms in total. The lowest BCUT2D eigenvalue weighted by Gasteiger charge is -2.33. The van der Waals surface area contributed by atoms with Crippen LogP contribution < -0.4 is 5.32 Å². The van der Waals surface area contributed by atoms with Crippen LogP contribution in [0, 0.1) is 17.8 Å². The fourth-order valence-corrected chi connectivity index (χ4v) is 3.80. The van der Waals surface area contributed by atoms with Crippen LogP contribution in [-0.4, -0.2) is 77.1 Å². The second-order valence-electron chi connectivity index (χ2n) is 9.77. The van der Waals surface area contributed by atoms with Gasteiger partial charge in [-0.3, -0.25) is 14.4 Å². The van der Waals surface area contributed by atoms with Gasteiger partial charge in [0.15, 0.2) is 0 Å². The van der Waals surface area contributed by atoms with E-state index in [-0.39, 0.29) is 48.7 Å². The van der Waals surface area contributed by atoms with Crippen LogP contribution in [0.3, 0.4) is 0 Å². The number of carboxylic acids is 1. The molecule has 2 heterocycles. The Morgan fingerprint density at radius 3 is 2.30 bits per heavy atom. The van der Waals surface area contributed by atoms with Crippen molar-refractivity contribution in [3.05, 3.63) is 12.2 Å². The van der Waals surface area contributed by atoms with Crippen LogP contribution in [-0.2, 0) is 19.1 Å². The van der Waals surface area contributed by atoms with Crippen molar-refractivity contribution in [1.29, 1.82) is 0 Å². The fraction of sp³-hybridized carbons (Fsp3) is 0.739. The Bertz CT molecular complexity index is 728. The van der Waals surface area contributed by atoms with E-state index in [1.807, 2.05) is 26.8 Å². The average Bonchev–Trinajstić information content (AvgIpc) is 2.74. The Balaban J connectivity index is 0.00000544. The van der Waals surface area contributed by atoms with Crippen molar-refractivity contribution in [3.63, 3.8) is 0 Å². The average molecular weight is 488 g/mol. The number of halogens is 1. The predicted octanol–water partition coefficient (Wildman–Crippen LogP) is 2.69. The third-order valence-electron chi connectivity index (χ3n) is 5.81. The summed E-state index contributed by atoms with van der Waals surface area (Å²) in [4.78, 5) is 51.5. The molecule has 0 spiro atoms. The smallest absolute Gasteiger partial charge is 0.410 e. The summed E-state index contributed by atoms with van der Waals surface area (Å²) in [6.45, 7) is 9.30. The normalized spacial score (nSPS) is 20.7. The minimum absolute atomic E-state index is 0. The molecule has 10 heteroatoms. The molecule has 0 unspecified atom stereocenters. The maximum absolute atomic E-state index is 12.6. The van der Waals surface area contributed by atoms with Gasteiger partial charge in [-0.05, 0) is 58.4 Å². The van der Waals surface area contributed by atoms with Crippen molar-refractivity contribution in [1.82, 2.24) is 15.1 Å². The van der Waals surface area contributed by atoms with Gasteiger partial charge in [0.25, 0.3) is 0 Å². The van der Waals surface area contributed by atoms with Gasteiger partial charge in [-0.1, -0.05) is 13.0 Å². The minimum atomic E-state index is -0.951. The predicted molar refractivity (Wildman–Crippen MR) is 126 cm³/mol. The van der Waals surface area contributed by atoms with Crippen LogP contribution in [0.15, 0.2) is 12.2 Å². The molecule has 0 aromatic rings. The second-order valence-corrected chi connectivity index (χ2v) is 9.77. The van der Waals surface area contributed by atoms with E-state index >= 15 is 0 Å². The summed E-state index contributed by atoms with van der Waals surface area (Å²) < 4.78 is 5.41. The van der Waals surface area contributed by atoms with E-state index in [0.717, 1.165) is 19.3 Å². The zero-order valence-corrected chi connectivity index (χ0v) is 20.9. The molecule has 2 fully saturated rings. The standard InChI is InChI=1S/C23H37N3O6.ClH/c1-16(21(29)30)14-24-20(28)18-6-5-11-26(15-18)19(27)8-7-17-9-12-25(13-10-17)22(31)32-23(2,3)4;/h7-8,16-18H,5-6,9-15H2,1-4H3,(H,24,28)(H,29,30);1H/b8-7+;/t16-,18-;/m1./s1. The Kier molecular flexibility index (Phi) is 11.2. The van der Waals surface area contributed by atoms with E-state index in [2.05, 4.69) is 5.32 Å². The fourth-order valence-electron chi connectivity index (χ4n) is 3.80. The van der Waals surface area contributed by atoms with E-state index in [4.69, 9.17) is 9.84 Å². The quantitative estimate of drug-likeness (QED) is 0.556. The van der Waals surface area contributed by atoms with Gasteiger partial charge in [0.2, 0.25) is 11.8 Å². The largest absolute Gasteiger partial charge is 0.481 e. The first kappa shape index (κ1) is 28.7. The number of carboxylic acid groups (broad SMARTS) is 1. The second kappa shape index (κ2) is 12.8. The molecule has 2 atom stereocenters. The number of nitrogens with one attached hydrogen (secondary N) is 1. The molecular formula is C23H38ClN3O6. The lowest BCUT2D eigenvalue weighted by Crippen LogP contribution is -2.46. The number of rotatable bonds is 6. The van der Waals surface area contributed by atoms with E-state index < -0.39 is 17.5 Å². The maximum atomic E-state index is 12.6. The number of piperidine rings is 2.